The van der Waals surface area contributed by atoms with Crippen LogP contribution in [0.1, 0.15) is 17.0 Å². The molecule has 6 nitrogen and oxygen atoms in total. The van der Waals surface area contributed by atoms with Gasteiger partial charge in [-0.15, -0.1) is 0 Å². The number of aryl methyl sites for hydroxylation is 2. The number of carbonyl (C=O) groups is 1. The van der Waals surface area contributed by atoms with Gasteiger partial charge in [0, 0.05) is 31.0 Å². The predicted octanol–water partition coefficient (Wildman–Crippen LogP) is 1.71. The third-order valence-corrected chi connectivity index (χ3v) is 4.83. The molecule has 2 aliphatic heterocycles. The summed E-state index contributed by atoms with van der Waals surface area (Å²) in [4.78, 5) is 25.6. The number of ether oxygens (including phenoxy) is 1. The van der Waals surface area contributed by atoms with Gasteiger partial charge < -0.3 is 14.5 Å². The molecule has 130 valence electrons. The first-order valence-corrected chi connectivity index (χ1v) is 8.62. The molecule has 0 N–H and O–H groups in total. The molecule has 0 bridgehead atoms. The fraction of sp³-hybridized carbons (Fsp3) is 0.421. The molecule has 2 aliphatic rings. The SMILES string of the molecule is Cc1cc(C)nc(N2C[C@@H]3[C@@H](C2)OCC(=O)N3Cc2ccccc2)n1. The number of fused-ring (bicyclic) bond motifs is 1. The van der Waals surface area contributed by atoms with Crippen molar-refractivity contribution in [1.29, 1.82) is 0 Å². The molecule has 0 unspecified atom stereocenters. The quantitative estimate of drug-likeness (QED) is 0.853. The summed E-state index contributed by atoms with van der Waals surface area (Å²) in [5.74, 6) is 0.774. The zero-order valence-corrected chi connectivity index (χ0v) is 14.6. The summed E-state index contributed by atoms with van der Waals surface area (Å²) in [7, 11) is 0. The Bertz CT molecular complexity index is 760. The third kappa shape index (κ3) is 3.22. The van der Waals surface area contributed by atoms with Gasteiger partial charge in [-0.25, -0.2) is 9.97 Å². The number of aromatic nitrogens is 2. The number of nitrogens with zero attached hydrogens (tertiary/aromatic N) is 4. The molecule has 1 amide bonds. The fourth-order valence-corrected chi connectivity index (χ4v) is 3.66. The van der Waals surface area contributed by atoms with Crippen LogP contribution in [0.2, 0.25) is 0 Å². The van der Waals surface area contributed by atoms with Crippen LogP contribution < -0.4 is 4.90 Å². The van der Waals surface area contributed by atoms with Gasteiger partial charge >= 0.3 is 0 Å². The molecule has 2 fully saturated rings. The van der Waals surface area contributed by atoms with Crippen molar-refractivity contribution in [2.24, 2.45) is 0 Å². The Kier molecular flexibility index (Phi) is 4.13. The van der Waals surface area contributed by atoms with Crippen molar-refractivity contribution in [2.75, 3.05) is 24.6 Å². The lowest BCUT2D eigenvalue weighted by Crippen LogP contribution is -2.53. The minimum Gasteiger partial charge on any atom is -0.364 e. The molecule has 1 aromatic heterocycles. The molecule has 2 aromatic rings. The molecule has 0 saturated carbocycles. The maximum Gasteiger partial charge on any atom is 0.249 e. The van der Waals surface area contributed by atoms with Gasteiger partial charge in [-0.05, 0) is 25.5 Å². The second-order valence-corrected chi connectivity index (χ2v) is 6.78. The predicted molar refractivity (Wildman–Crippen MR) is 94.2 cm³/mol. The van der Waals surface area contributed by atoms with Gasteiger partial charge in [0.2, 0.25) is 11.9 Å². The Morgan fingerprint density at radius 1 is 1.12 bits per heavy atom. The van der Waals surface area contributed by atoms with Crippen molar-refractivity contribution in [3.63, 3.8) is 0 Å². The highest BCUT2D eigenvalue weighted by Gasteiger charge is 2.43. The minimum absolute atomic E-state index is 0.00540. The topological polar surface area (TPSA) is 58.6 Å². The normalized spacial score (nSPS) is 23.0. The standard InChI is InChI=1S/C19H22N4O2/c1-13-8-14(2)21-19(20-13)22-10-16-17(11-22)25-12-18(24)23(16)9-15-6-4-3-5-7-15/h3-8,16-17H,9-12H2,1-2H3/t16-,17-/m1/s1. The molecule has 0 aliphatic carbocycles. The summed E-state index contributed by atoms with van der Waals surface area (Å²) in [6.45, 7) is 6.13. The first kappa shape index (κ1) is 16.0. The number of hydrogen-bond donors (Lipinski definition) is 0. The van der Waals surface area contributed by atoms with Crippen LogP contribution in [0.15, 0.2) is 36.4 Å². The number of hydrogen-bond acceptors (Lipinski definition) is 5. The second-order valence-electron chi connectivity index (χ2n) is 6.78. The van der Waals surface area contributed by atoms with E-state index in [9.17, 15) is 4.79 Å². The number of rotatable bonds is 3. The van der Waals surface area contributed by atoms with E-state index in [4.69, 9.17) is 4.74 Å². The molecular formula is C19H22N4O2. The Labute approximate surface area is 147 Å². The van der Waals surface area contributed by atoms with Crippen molar-refractivity contribution >= 4 is 11.9 Å². The van der Waals surface area contributed by atoms with E-state index < -0.39 is 0 Å². The van der Waals surface area contributed by atoms with E-state index in [1.54, 1.807) is 0 Å². The summed E-state index contributed by atoms with van der Waals surface area (Å²) in [5.41, 5.74) is 3.05. The van der Waals surface area contributed by atoms with Gasteiger partial charge in [0.05, 0.1) is 12.1 Å². The Morgan fingerprint density at radius 2 is 1.84 bits per heavy atom. The van der Waals surface area contributed by atoms with E-state index in [1.165, 1.54) is 0 Å². The lowest BCUT2D eigenvalue weighted by atomic mass is 10.1. The minimum atomic E-state index is 0.00540. The zero-order valence-electron chi connectivity index (χ0n) is 14.6. The average molecular weight is 338 g/mol. The molecule has 1 aromatic carbocycles. The van der Waals surface area contributed by atoms with Crippen LogP contribution in [-0.2, 0) is 16.1 Å². The number of anilines is 1. The smallest absolute Gasteiger partial charge is 0.249 e. The molecule has 2 saturated heterocycles. The van der Waals surface area contributed by atoms with Crippen molar-refractivity contribution in [1.82, 2.24) is 14.9 Å². The lowest BCUT2D eigenvalue weighted by Gasteiger charge is -2.36. The van der Waals surface area contributed by atoms with Crippen LogP contribution in [0, 0.1) is 13.8 Å². The van der Waals surface area contributed by atoms with E-state index >= 15 is 0 Å². The zero-order chi connectivity index (χ0) is 17.4. The van der Waals surface area contributed by atoms with Crippen LogP contribution in [0.3, 0.4) is 0 Å². The molecule has 3 heterocycles. The van der Waals surface area contributed by atoms with Crippen LogP contribution in [0.4, 0.5) is 5.95 Å². The molecule has 2 atom stereocenters. The van der Waals surface area contributed by atoms with Gasteiger partial charge in [-0.1, -0.05) is 30.3 Å². The van der Waals surface area contributed by atoms with Crippen molar-refractivity contribution < 1.29 is 9.53 Å². The summed E-state index contributed by atoms with van der Waals surface area (Å²) < 4.78 is 5.81. The summed E-state index contributed by atoms with van der Waals surface area (Å²) >= 11 is 0. The van der Waals surface area contributed by atoms with Crippen LogP contribution in [-0.4, -0.2) is 52.6 Å². The fourth-order valence-electron chi connectivity index (χ4n) is 3.66. The highest BCUT2D eigenvalue weighted by atomic mass is 16.5. The Morgan fingerprint density at radius 3 is 2.56 bits per heavy atom. The molecule has 0 radical (unpaired) electrons. The first-order chi connectivity index (χ1) is 12.1. The van der Waals surface area contributed by atoms with Gasteiger partial charge in [-0.3, -0.25) is 4.79 Å². The van der Waals surface area contributed by atoms with E-state index in [0.29, 0.717) is 19.6 Å². The maximum absolute atomic E-state index is 12.4. The van der Waals surface area contributed by atoms with Crippen LogP contribution in [0.25, 0.3) is 0 Å². The second kappa shape index (κ2) is 6.44. The van der Waals surface area contributed by atoms with Crippen molar-refractivity contribution in [2.45, 2.75) is 32.5 Å². The third-order valence-electron chi connectivity index (χ3n) is 4.83. The van der Waals surface area contributed by atoms with E-state index in [-0.39, 0.29) is 24.7 Å². The van der Waals surface area contributed by atoms with Crippen molar-refractivity contribution in [3.05, 3.63) is 53.3 Å². The first-order valence-electron chi connectivity index (χ1n) is 8.62. The molecule has 4 rings (SSSR count). The van der Waals surface area contributed by atoms with Gasteiger partial charge in [0.25, 0.3) is 0 Å². The van der Waals surface area contributed by atoms with E-state index in [1.807, 2.05) is 43.0 Å². The highest BCUT2D eigenvalue weighted by Crippen LogP contribution is 2.27. The van der Waals surface area contributed by atoms with Gasteiger partial charge in [-0.2, -0.15) is 0 Å². The number of carbonyl (C=O) groups excluding carboxylic acids is 1. The van der Waals surface area contributed by atoms with Gasteiger partial charge in [0.15, 0.2) is 0 Å². The van der Waals surface area contributed by atoms with Crippen molar-refractivity contribution in [3.8, 4) is 0 Å². The Balaban J connectivity index is 1.56. The molecule has 0 spiro atoms. The largest absolute Gasteiger partial charge is 0.364 e. The summed E-state index contributed by atoms with van der Waals surface area (Å²) in [6.07, 6.45) is 0.00540. The van der Waals surface area contributed by atoms with E-state index in [0.717, 1.165) is 22.9 Å². The monoisotopic (exact) mass is 338 g/mol. The van der Waals surface area contributed by atoms with Gasteiger partial charge in [0.1, 0.15) is 6.61 Å². The summed E-state index contributed by atoms with van der Waals surface area (Å²) in [6, 6.07) is 12.1. The highest BCUT2D eigenvalue weighted by molar-refractivity contribution is 5.79. The molecular weight excluding hydrogens is 316 g/mol. The van der Waals surface area contributed by atoms with Crippen LogP contribution in [0.5, 0.6) is 0 Å². The maximum atomic E-state index is 12.4. The van der Waals surface area contributed by atoms with Crippen LogP contribution >= 0.6 is 0 Å². The molecule has 6 heteroatoms. The number of amides is 1. The van der Waals surface area contributed by atoms with E-state index in [2.05, 4.69) is 27.0 Å². The number of morpholine rings is 1. The Hall–Kier alpha value is -2.47. The number of benzene rings is 1. The average Bonchev–Trinajstić information content (AvgIpc) is 3.02. The summed E-state index contributed by atoms with van der Waals surface area (Å²) in [5, 5.41) is 0. The molecule has 25 heavy (non-hydrogen) atoms. The lowest BCUT2D eigenvalue weighted by molar-refractivity contribution is -0.153.